The maximum atomic E-state index is 12.9. The molecule has 0 bridgehead atoms. The van der Waals surface area contributed by atoms with E-state index in [1.54, 1.807) is 16.8 Å². The molecular weight excluding hydrogens is 401 g/mol. The van der Waals surface area contributed by atoms with Gasteiger partial charge in [0.1, 0.15) is 17.9 Å². The first kappa shape index (κ1) is 19.2. The number of nitrogens with one attached hydrogen (secondary N) is 1. The average molecular weight is 419 g/mol. The number of sulfone groups is 1. The molecule has 1 fully saturated rings. The highest BCUT2D eigenvalue weighted by atomic mass is 32.2. The third-order valence-electron chi connectivity index (χ3n) is 4.89. The molecule has 0 unspecified atom stereocenters. The molecule has 1 atom stereocenters. The highest BCUT2D eigenvalue weighted by Crippen LogP contribution is 2.26. The molecule has 1 N–H and O–H groups in total. The van der Waals surface area contributed by atoms with Crippen LogP contribution in [0.5, 0.6) is 0 Å². The van der Waals surface area contributed by atoms with Gasteiger partial charge >= 0.3 is 5.69 Å². The smallest absolute Gasteiger partial charge is 0.348 e. The highest BCUT2D eigenvalue weighted by Gasteiger charge is 2.31. The summed E-state index contributed by atoms with van der Waals surface area (Å²) in [7, 11) is -3.10. The van der Waals surface area contributed by atoms with Crippen LogP contribution >= 0.6 is 0 Å². The lowest BCUT2D eigenvalue weighted by Gasteiger charge is -2.11. The number of benzene rings is 1. The Hall–Kier alpha value is -3.08. The number of aromatic nitrogens is 4. The maximum Gasteiger partial charge on any atom is 0.348 e. The van der Waals surface area contributed by atoms with Gasteiger partial charge in [0.15, 0.2) is 9.84 Å². The summed E-state index contributed by atoms with van der Waals surface area (Å²) in [6.07, 6.45) is 3.23. The van der Waals surface area contributed by atoms with Crippen molar-refractivity contribution < 1.29 is 17.6 Å². The SMILES string of the molecule is O=C(Cn1c(=O)ncc2c1cnn2[C@@H]1CCS(=O)(=O)C1)NCc1ccc(F)cc1. The number of rotatable bonds is 5. The Bertz CT molecular complexity index is 1230. The van der Waals surface area contributed by atoms with Crippen LogP contribution in [0.1, 0.15) is 18.0 Å². The summed E-state index contributed by atoms with van der Waals surface area (Å²) < 4.78 is 39.2. The second-order valence-electron chi connectivity index (χ2n) is 6.95. The van der Waals surface area contributed by atoms with Gasteiger partial charge in [-0.2, -0.15) is 10.1 Å². The molecule has 0 radical (unpaired) electrons. The zero-order valence-electron chi connectivity index (χ0n) is 15.3. The topological polar surface area (TPSA) is 116 Å². The number of hydrogen-bond donors (Lipinski definition) is 1. The van der Waals surface area contributed by atoms with E-state index in [1.165, 1.54) is 29.1 Å². The van der Waals surface area contributed by atoms with E-state index >= 15 is 0 Å². The normalized spacial score (nSPS) is 18.2. The number of carbonyl (C=O) groups excluding carboxylic acids is 1. The number of hydrogen-bond acceptors (Lipinski definition) is 6. The Morgan fingerprint density at radius 2 is 1.97 bits per heavy atom. The van der Waals surface area contributed by atoms with Gasteiger partial charge in [-0.25, -0.2) is 17.6 Å². The minimum Gasteiger partial charge on any atom is -0.350 e. The van der Waals surface area contributed by atoms with E-state index in [-0.39, 0.29) is 36.5 Å². The predicted molar refractivity (Wildman–Crippen MR) is 102 cm³/mol. The molecule has 1 saturated heterocycles. The Morgan fingerprint density at radius 1 is 1.21 bits per heavy atom. The molecule has 1 aliphatic heterocycles. The van der Waals surface area contributed by atoms with Crippen molar-refractivity contribution in [2.75, 3.05) is 11.5 Å². The van der Waals surface area contributed by atoms with Crippen molar-refractivity contribution in [1.82, 2.24) is 24.6 Å². The Labute approximate surface area is 165 Å². The number of halogens is 1. The van der Waals surface area contributed by atoms with E-state index in [9.17, 15) is 22.4 Å². The Kier molecular flexibility index (Phi) is 4.91. The zero-order valence-corrected chi connectivity index (χ0v) is 16.1. The van der Waals surface area contributed by atoms with Crippen molar-refractivity contribution in [3.05, 3.63) is 58.5 Å². The average Bonchev–Trinajstić information content (AvgIpc) is 3.26. The number of amides is 1. The molecule has 3 heterocycles. The van der Waals surface area contributed by atoms with Crippen molar-refractivity contribution in [2.45, 2.75) is 25.6 Å². The molecule has 29 heavy (non-hydrogen) atoms. The third-order valence-corrected chi connectivity index (χ3v) is 6.64. The van der Waals surface area contributed by atoms with Crippen molar-refractivity contribution >= 4 is 26.8 Å². The van der Waals surface area contributed by atoms with Gasteiger partial charge in [-0.15, -0.1) is 0 Å². The van der Waals surface area contributed by atoms with Crippen LogP contribution in [0.4, 0.5) is 4.39 Å². The summed E-state index contributed by atoms with van der Waals surface area (Å²) in [5, 5.41) is 6.92. The van der Waals surface area contributed by atoms with Crippen LogP contribution in [0, 0.1) is 5.82 Å². The molecule has 0 aliphatic carbocycles. The van der Waals surface area contributed by atoms with Crippen molar-refractivity contribution in [3.8, 4) is 0 Å². The molecule has 2 aromatic heterocycles. The summed E-state index contributed by atoms with van der Waals surface area (Å²) in [4.78, 5) is 28.3. The van der Waals surface area contributed by atoms with Gasteiger partial charge in [0.25, 0.3) is 0 Å². The largest absolute Gasteiger partial charge is 0.350 e. The lowest BCUT2D eigenvalue weighted by molar-refractivity contribution is -0.121. The first-order valence-corrected chi connectivity index (χ1v) is 10.8. The van der Waals surface area contributed by atoms with Crippen LogP contribution in [-0.2, 0) is 27.7 Å². The van der Waals surface area contributed by atoms with Gasteiger partial charge in [0.2, 0.25) is 5.91 Å². The highest BCUT2D eigenvalue weighted by molar-refractivity contribution is 7.91. The van der Waals surface area contributed by atoms with Crippen LogP contribution in [0.25, 0.3) is 11.0 Å². The molecule has 152 valence electrons. The molecular formula is C18H18FN5O4S. The van der Waals surface area contributed by atoms with Crippen molar-refractivity contribution in [2.24, 2.45) is 0 Å². The molecule has 4 rings (SSSR count). The standard InChI is InChI=1S/C18H18FN5O4S/c19-13-3-1-12(2-4-13)7-20-17(25)10-23-15-9-22-24(16(15)8-21-18(23)26)14-5-6-29(27,28)11-14/h1-4,8-9,14H,5-7,10-11H2,(H,20,25)/t14-/m1/s1. The minimum atomic E-state index is -3.10. The molecule has 11 heteroatoms. The first-order chi connectivity index (χ1) is 13.8. The lowest BCUT2D eigenvalue weighted by atomic mass is 10.2. The Balaban J connectivity index is 1.54. The van der Waals surface area contributed by atoms with Crippen molar-refractivity contribution in [1.29, 1.82) is 0 Å². The van der Waals surface area contributed by atoms with Crippen LogP contribution in [0.15, 0.2) is 41.5 Å². The number of nitrogens with zero attached hydrogens (tertiary/aromatic N) is 4. The fourth-order valence-electron chi connectivity index (χ4n) is 3.40. The third kappa shape index (κ3) is 4.04. The first-order valence-electron chi connectivity index (χ1n) is 8.97. The summed E-state index contributed by atoms with van der Waals surface area (Å²) >= 11 is 0. The fraction of sp³-hybridized carbons (Fsp3) is 0.333. The van der Waals surface area contributed by atoms with E-state index in [0.29, 0.717) is 17.5 Å². The maximum absolute atomic E-state index is 12.9. The lowest BCUT2D eigenvalue weighted by Crippen LogP contribution is -2.33. The number of fused-ring (bicyclic) bond motifs is 1. The monoisotopic (exact) mass is 419 g/mol. The van der Waals surface area contributed by atoms with Crippen LogP contribution in [0.3, 0.4) is 0 Å². The van der Waals surface area contributed by atoms with Gasteiger partial charge in [0, 0.05) is 6.54 Å². The van der Waals surface area contributed by atoms with E-state index < -0.39 is 21.4 Å². The quantitative estimate of drug-likeness (QED) is 0.640. The molecule has 9 nitrogen and oxygen atoms in total. The van der Waals surface area contributed by atoms with E-state index in [1.807, 2.05) is 0 Å². The van der Waals surface area contributed by atoms with Gasteiger partial charge in [0.05, 0.1) is 35.5 Å². The summed E-state index contributed by atoms with van der Waals surface area (Å²) in [5.41, 5.74) is 1.02. The van der Waals surface area contributed by atoms with Gasteiger partial charge < -0.3 is 5.32 Å². The fourth-order valence-corrected chi connectivity index (χ4v) is 5.09. The summed E-state index contributed by atoms with van der Waals surface area (Å²) in [5.74, 6) is -0.697. The molecule has 1 amide bonds. The molecule has 1 aromatic carbocycles. The van der Waals surface area contributed by atoms with Crippen LogP contribution in [-0.4, -0.2) is 45.2 Å². The predicted octanol–water partition coefficient (Wildman–Crippen LogP) is 0.408. The van der Waals surface area contributed by atoms with Gasteiger partial charge in [-0.3, -0.25) is 14.0 Å². The Morgan fingerprint density at radius 3 is 2.66 bits per heavy atom. The van der Waals surface area contributed by atoms with E-state index in [2.05, 4.69) is 15.4 Å². The summed E-state index contributed by atoms with van der Waals surface area (Å²) in [6.45, 7) is -0.0739. The van der Waals surface area contributed by atoms with Gasteiger partial charge in [-0.05, 0) is 24.1 Å². The molecule has 0 spiro atoms. The molecule has 0 saturated carbocycles. The summed E-state index contributed by atoms with van der Waals surface area (Å²) in [6, 6.07) is 5.40. The van der Waals surface area contributed by atoms with E-state index in [0.717, 1.165) is 5.56 Å². The van der Waals surface area contributed by atoms with Gasteiger partial charge in [-0.1, -0.05) is 12.1 Å². The second kappa shape index (κ2) is 7.39. The molecule has 3 aromatic rings. The van der Waals surface area contributed by atoms with Crippen LogP contribution in [0.2, 0.25) is 0 Å². The zero-order chi connectivity index (χ0) is 20.6. The second-order valence-corrected chi connectivity index (χ2v) is 9.18. The van der Waals surface area contributed by atoms with E-state index in [4.69, 9.17) is 0 Å². The minimum absolute atomic E-state index is 0.0128. The molecule has 1 aliphatic rings. The van der Waals surface area contributed by atoms with Crippen LogP contribution < -0.4 is 11.0 Å². The van der Waals surface area contributed by atoms with Crippen molar-refractivity contribution in [3.63, 3.8) is 0 Å². The number of carbonyl (C=O) groups is 1.